The van der Waals surface area contributed by atoms with Crippen LogP contribution >= 0.6 is 0 Å². The summed E-state index contributed by atoms with van der Waals surface area (Å²) in [6, 6.07) is 9.88. The molecule has 1 aromatic carbocycles. The molecular weight excluding hydrogens is 515 g/mol. The van der Waals surface area contributed by atoms with E-state index in [-0.39, 0.29) is 10.9 Å². The van der Waals surface area contributed by atoms with E-state index in [1.807, 2.05) is 19.1 Å². The number of rotatable bonds is 5. The van der Waals surface area contributed by atoms with Crippen molar-refractivity contribution in [3.05, 3.63) is 87.7 Å². The van der Waals surface area contributed by atoms with Gasteiger partial charge in [-0.15, -0.1) is 0 Å². The quantitative estimate of drug-likeness (QED) is 0.353. The fraction of sp³-hybridized carbons (Fsp3) is 0.484. The van der Waals surface area contributed by atoms with Gasteiger partial charge in [-0.2, -0.15) is 23.4 Å². The minimum absolute atomic E-state index is 0.125. The summed E-state index contributed by atoms with van der Waals surface area (Å²) >= 11 is 0. The van der Waals surface area contributed by atoms with Gasteiger partial charge in [0.05, 0.1) is 23.0 Å². The monoisotopic (exact) mass is 546 g/mol. The number of fused-ring (bicyclic) bond motifs is 1. The smallest absolute Gasteiger partial charge is 0.298 e. The van der Waals surface area contributed by atoms with Crippen molar-refractivity contribution >= 4 is 5.52 Å². The van der Waals surface area contributed by atoms with Crippen LogP contribution < -0.4 is 5.69 Å². The Morgan fingerprint density at radius 1 is 1.00 bits per heavy atom. The minimum atomic E-state index is -4.58. The first-order valence-electron chi connectivity index (χ1n) is 14.2. The highest BCUT2D eigenvalue weighted by atomic mass is 19.4. The van der Waals surface area contributed by atoms with E-state index in [1.165, 1.54) is 46.9 Å². The fourth-order valence-electron chi connectivity index (χ4n) is 7.76. The fourth-order valence-corrected chi connectivity index (χ4v) is 7.76. The molecule has 6 nitrogen and oxygen atoms in total. The normalized spacial score (nSPS) is 24.2. The molecule has 40 heavy (non-hydrogen) atoms. The maximum Gasteiger partial charge on any atom is 0.418 e. The van der Waals surface area contributed by atoms with Gasteiger partial charge in [-0.05, 0) is 104 Å². The van der Waals surface area contributed by atoms with Gasteiger partial charge >= 0.3 is 11.9 Å². The molecule has 1 radical (unpaired) electrons. The van der Waals surface area contributed by atoms with Gasteiger partial charge in [0.15, 0.2) is 0 Å². The molecule has 0 N–H and O–H groups in total. The van der Waals surface area contributed by atoms with E-state index in [1.54, 1.807) is 18.5 Å². The largest absolute Gasteiger partial charge is 0.418 e. The summed E-state index contributed by atoms with van der Waals surface area (Å²) in [6.07, 6.45) is 8.05. The van der Waals surface area contributed by atoms with Gasteiger partial charge in [-0.1, -0.05) is 12.1 Å². The highest BCUT2D eigenvalue weighted by molar-refractivity contribution is 5.58. The van der Waals surface area contributed by atoms with Gasteiger partial charge in [0.1, 0.15) is 6.04 Å². The third kappa shape index (κ3) is 3.69. The predicted molar refractivity (Wildman–Crippen MR) is 144 cm³/mol. The Morgan fingerprint density at radius 3 is 2.42 bits per heavy atom. The lowest BCUT2D eigenvalue weighted by atomic mass is 9.52. The van der Waals surface area contributed by atoms with E-state index < -0.39 is 17.4 Å². The third-order valence-electron chi connectivity index (χ3n) is 10.2. The van der Waals surface area contributed by atoms with Crippen molar-refractivity contribution in [3.63, 3.8) is 0 Å². The molecule has 2 aromatic heterocycles. The van der Waals surface area contributed by atoms with Gasteiger partial charge in [-0.3, -0.25) is 13.9 Å². The number of aromatic nitrogens is 2. The summed E-state index contributed by atoms with van der Waals surface area (Å²) in [5.41, 5.74) is 2.23. The molecule has 9 heteroatoms. The van der Waals surface area contributed by atoms with Crippen LogP contribution in [0.2, 0.25) is 0 Å². The predicted octanol–water partition coefficient (Wildman–Crippen LogP) is 6.81. The van der Waals surface area contributed by atoms with Crippen LogP contribution in [-0.2, 0) is 18.1 Å². The van der Waals surface area contributed by atoms with E-state index in [0.717, 1.165) is 49.5 Å². The van der Waals surface area contributed by atoms with Crippen molar-refractivity contribution in [3.8, 4) is 5.69 Å². The SMILES string of the molecule is CC1=CN=N[C]1C1(c2cccc(-n3cc4c(C(F)(F)F)cc(CN5CCC6(CC6)C5)cn4c3=O)c2)CC2(CC2)C1. The summed E-state index contributed by atoms with van der Waals surface area (Å²) < 4.78 is 45.4. The van der Waals surface area contributed by atoms with E-state index in [9.17, 15) is 18.0 Å². The van der Waals surface area contributed by atoms with Crippen LogP contribution in [0.3, 0.4) is 0 Å². The zero-order valence-electron chi connectivity index (χ0n) is 22.5. The molecule has 5 aliphatic rings. The Balaban J connectivity index is 1.20. The number of halogens is 3. The Labute approximate surface area is 230 Å². The Bertz CT molecular complexity index is 1660. The summed E-state index contributed by atoms with van der Waals surface area (Å²) in [5.74, 6) is 0. The van der Waals surface area contributed by atoms with E-state index in [4.69, 9.17) is 0 Å². The number of alkyl halides is 3. The number of likely N-dealkylation sites (tertiary alicyclic amines) is 1. The topological polar surface area (TPSA) is 54.4 Å². The maximum absolute atomic E-state index is 14.3. The minimum Gasteiger partial charge on any atom is -0.298 e. The van der Waals surface area contributed by atoms with E-state index in [2.05, 4.69) is 21.2 Å². The maximum atomic E-state index is 14.3. The molecule has 0 amide bonds. The summed E-state index contributed by atoms with van der Waals surface area (Å²) in [6.45, 7) is 4.24. The third-order valence-corrected chi connectivity index (χ3v) is 10.2. The second kappa shape index (κ2) is 7.96. The van der Waals surface area contributed by atoms with Crippen LogP contribution in [0.5, 0.6) is 0 Å². The summed E-state index contributed by atoms with van der Waals surface area (Å²) in [4.78, 5) is 15.9. The van der Waals surface area contributed by atoms with Crippen LogP contribution in [0, 0.1) is 16.9 Å². The van der Waals surface area contributed by atoms with Crippen molar-refractivity contribution in [2.45, 2.75) is 70.0 Å². The number of hydrogen-bond acceptors (Lipinski definition) is 4. The van der Waals surface area contributed by atoms with Crippen LogP contribution in [0.1, 0.15) is 68.6 Å². The first kappa shape index (κ1) is 24.6. The zero-order chi connectivity index (χ0) is 27.5. The van der Waals surface area contributed by atoms with Crippen molar-refractivity contribution < 1.29 is 13.2 Å². The van der Waals surface area contributed by atoms with Gasteiger partial charge < -0.3 is 0 Å². The first-order valence-corrected chi connectivity index (χ1v) is 14.2. The number of nitrogens with zero attached hydrogens (tertiary/aromatic N) is 5. The standard InChI is InChI=1S/C31H31F3N5O/c1-20-13-35-36-26(20)30(17-29(18-30)7-8-29)22-3-2-4-23(12-22)38-16-25-24(31(32,33)34)11-21(15-39(25)27(38)40)14-37-10-9-28(19-37)5-6-28/h2-4,11-13,15-16H,5-10,14,17-19H2,1H3. The Hall–Kier alpha value is -3.20. The van der Waals surface area contributed by atoms with E-state index >= 15 is 0 Å². The number of imidazole rings is 1. The molecule has 1 saturated heterocycles. The van der Waals surface area contributed by atoms with Gasteiger partial charge in [-0.25, -0.2) is 4.79 Å². The van der Waals surface area contributed by atoms with Crippen LogP contribution in [-0.4, -0.2) is 27.0 Å². The van der Waals surface area contributed by atoms with Crippen molar-refractivity contribution in [2.75, 3.05) is 13.1 Å². The molecule has 207 valence electrons. The van der Waals surface area contributed by atoms with Gasteiger partial charge in [0.25, 0.3) is 0 Å². The zero-order valence-corrected chi connectivity index (χ0v) is 22.5. The number of benzene rings is 1. The number of azo groups is 1. The molecule has 3 aliphatic carbocycles. The van der Waals surface area contributed by atoms with Crippen molar-refractivity contribution in [2.24, 2.45) is 21.1 Å². The Morgan fingerprint density at radius 2 is 1.77 bits per heavy atom. The van der Waals surface area contributed by atoms with Gasteiger partial charge in [0, 0.05) is 30.9 Å². The molecule has 2 spiro atoms. The molecule has 0 atom stereocenters. The van der Waals surface area contributed by atoms with Crippen LogP contribution in [0.25, 0.3) is 11.2 Å². The molecule has 4 heterocycles. The second-order valence-electron chi connectivity index (χ2n) is 13.1. The average molecular weight is 547 g/mol. The lowest BCUT2D eigenvalue weighted by Crippen LogP contribution is -2.47. The van der Waals surface area contributed by atoms with Crippen molar-refractivity contribution in [1.82, 2.24) is 13.9 Å². The number of hydrogen-bond donors (Lipinski definition) is 0. The molecule has 2 aliphatic heterocycles. The lowest BCUT2D eigenvalue weighted by molar-refractivity contribution is -0.136. The van der Waals surface area contributed by atoms with Crippen molar-refractivity contribution in [1.29, 1.82) is 0 Å². The summed E-state index contributed by atoms with van der Waals surface area (Å²) in [7, 11) is 0. The molecule has 0 bridgehead atoms. The lowest BCUT2D eigenvalue weighted by Gasteiger charge is -2.51. The van der Waals surface area contributed by atoms with Crippen LogP contribution in [0.4, 0.5) is 13.2 Å². The molecular formula is C31H31F3N5O. The van der Waals surface area contributed by atoms with Gasteiger partial charge in [0.2, 0.25) is 0 Å². The average Bonchev–Trinajstić information content (AvgIpc) is 3.73. The molecule has 0 unspecified atom stereocenters. The summed E-state index contributed by atoms with van der Waals surface area (Å²) in [5, 5.41) is 8.64. The highest BCUT2D eigenvalue weighted by Crippen LogP contribution is 2.72. The first-order chi connectivity index (χ1) is 19.1. The molecule has 3 saturated carbocycles. The van der Waals surface area contributed by atoms with Crippen LogP contribution in [0.15, 0.2) is 69.5 Å². The highest BCUT2D eigenvalue weighted by Gasteiger charge is 2.65. The second-order valence-corrected chi connectivity index (χ2v) is 13.1. The van der Waals surface area contributed by atoms with E-state index in [0.29, 0.717) is 28.6 Å². The molecule has 3 aromatic rings. The molecule has 4 fully saturated rings. The Kier molecular flexibility index (Phi) is 4.89. The number of pyridine rings is 1. The molecule has 8 rings (SSSR count).